The minimum Gasteiger partial charge on any atom is -0.391 e. The first-order chi connectivity index (χ1) is 6.04. The lowest BCUT2D eigenvalue weighted by Gasteiger charge is -2.18. The Labute approximate surface area is 83.3 Å². The highest BCUT2D eigenvalue weighted by Crippen LogP contribution is 2.26. The number of hydrogen-bond acceptors (Lipinski definition) is 2. The zero-order valence-electron chi connectivity index (χ0n) is 7.79. The number of aliphatic hydroxyl groups excluding tert-OH is 1. The Morgan fingerprint density at radius 1 is 1.46 bits per heavy atom. The van der Waals surface area contributed by atoms with Crippen molar-refractivity contribution >= 4 is 11.6 Å². The fraction of sp³-hybridized carbons (Fsp3) is 0.400. The van der Waals surface area contributed by atoms with Gasteiger partial charge in [-0.25, -0.2) is 0 Å². The lowest BCUT2D eigenvalue weighted by Crippen LogP contribution is -2.24. The van der Waals surface area contributed by atoms with Gasteiger partial charge in [0, 0.05) is 5.02 Å². The zero-order chi connectivity index (χ0) is 10.0. The Hall–Kier alpha value is -0.570. The number of hydrogen-bond donors (Lipinski definition) is 2. The average Bonchev–Trinajstić information content (AvgIpc) is 2.03. The highest BCUT2D eigenvalue weighted by molar-refractivity contribution is 6.31. The van der Waals surface area contributed by atoms with Gasteiger partial charge in [-0.05, 0) is 31.0 Å². The van der Waals surface area contributed by atoms with E-state index in [1.165, 1.54) is 0 Å². The Kier molecular flexibility index (Phi) is 3.31. The molecule has 3 N–H and O–H groups in total. The molecule has 0 bridgehead atoms. The summed E-state index contributed by atoms with van der Waals surface area (Å²) in [6.07, 6.45) is -0.585. The van der Waals surface area contributed by atoms with Gasteiger partial charge in [0.1, 0.15) is 0 Å². The first-order valence-corrected chi connectivity index (χ1v) is 4.60. The third-order valence-electron chi connectivity index (χ3n) is 2.12. The summed E-state index contributed by atoms with van der Waals surface area (Å²) in [5, 5.41) is 9.96. The fourth-order valence-corrected chi connectivity index (χ4v) is 1.66. The van der Waals surface area contributed by atoms with Gasteiger partial charge in [0.15, 0.2) is 0 Å². The summed E-state index contributed by atoms with van der Waals surface area (Å²) < 4.78 is 0. The molecule has 0 saturated carbocycles. The smallest absolute Gasteiger partial charge is 0.0705 e. The maximum absolute atomic E-state index is 9.34. The van der Waals surface area contributed by atoms with Crippen molar-refractivity contribution in [3.8, 4) is 0 Å². The molecule has 0 aliphatic rings. The molecule has 0 aromatic heterocycles. The van der Waals surface area contributed by atoms with E-state index in [2.05, 4.69) is 0 Å². The van der Waals surface area contributed by atoms with Gasteiger partial charge in [-0.15, -0.1) is 0 Å². The van der Waals surface area contributed by atoms with Gasteiger partial charge in [-0.2, -0.15) is 0 Å². The Morgan fingerprint density at radius 2 is 2.08 bits per heavy atom. The second-order valence-corrected chi connectivity index (χ2v) is 3.64. The normalized spacial score (nSPS) is 15.5. The van der Waals surface area contributed by atoms with E-state index >= 15 is 0 Å². The number of nitrogens with two attached hydrogens (primary N) is 1. The van der Waals surface area contributed by atoms with Crippen LogP contribution in [-0.4, -0.2) is 11.2 Å². The van der Waals surface area contributed by atoms with E-state index in [4.69, 9.17) is 17.3 Å². The molecule has 1 aromatic rings. The number of benzene rings is 1. The maximum Gasteiger partial charge on any atom is 0.0705 e. The van der Waals surface area contributed by atoms with Crippen molar-refractivity contribution in [2.75, 3.05) is 0 Å². The van der Waals surface area contributed by atoms with Gasteiger partial charge in [0.05, 0.1) is 12.1 Å². The fourth-order valence-electron chi connectivity index (χ4n) is 1.31. The second kappa shape index (κ2) is 4.09. The highest BCUT2D eigenvalue weighted by Gasteiger charge is 2.16. The van der Waals surface area contributed by atoms with E-state index in [0.29, 0.717) is 5.02 Å². The summed E-state index contributed by atoms with van der Waals surface area (Å²) in [7, 11) is 0. The molecule has 0 aliphatic carbocycles. The molecule has 1 rings (SSSR count). The molecule has 13 heavy (non-hydrogen) atoms. The van der Waals surface area contributed by atoms with E-state index in [9.17, 15) is 5.11 Å². The standard InChI is InChI=1S/C10H14ClNO/c1-6-4-3-5-8(11)9(6)10(12)7(2)13/h3-5,7,10,13H,12H2,1-2H3/t7?,10-/m1/s1. The summed E-state index contributed by atoms with van der Waals surface area (Å²) in [4.78, 5) is 0. The van der Waals surface area contributed by atoms with Gasteiger partial charge in [0.2, 0.25) is 0 Å². The van der Waals surface area contributed by atoms with Crippen LogP contribution in [-0.2, 0) is 0 Å². The maximum atomic E-state index is 9.34. The van der Waals surface area contributed by atoms with Crippen molar-refractivity contribution in [2.45, 2.75) is 26.0 Å². The zero-order valence-corrected chi connectivity index (χ0v) is 8.55. The lowest BCUT2D eigenvalue weighted by molar-refractivity contribution is 0.164. The molecule has 0 heterocycles. The largest absolute Gasteiger partial charge is 0.391 e. The molecule has 0 radical (unpaired) electrons. The van der Waals surface area contributed by atoms with Crippen LogP contribution in [0.25, 0.3) is 0 Å². The van der Waals surface area contributed by atoms with Crippen LogP contribution < -0.4 is 5.73 Å². The van der Waals surface area contributed by atoms with Gasteiger partial charge < -0.3 is 10.8 Å². The average molecular weight is 200 g/mol. The van der Waals surface area contributed by atoms with Crippen LogP contribution in [0.3, 0.4) is 0 Å². The number of aliphatic hydroxyl groups is 1. The van der Waals surface area contributed by atoms with Crippen LogP contribution in [0.15, 0.2) is 18.2 Å². The summed E-state index contributed by atoms with van der Waals surface area (Å²) in [6.45, 7) is 3.59. The number of aryl methyl sites for hydroxylation is 1. The first-order valence-electron chi connectivity index (χ1n) is 4.22. The molecule has 0 aliphatic heterocycles. The Bertz CT molecular complexity index is 279. The van der Waals surface area contributed by atoms with Crippen molar-refractivity contribution in [2.24, 2.45) is 5.73 Å². The number of halogens is 1. The summed E-state index contributed by atoms with van der Waals surface area (Å²) in [6, 6.07) is 5.18. The van der Waals surface area contributed by atoms with Crippen molar-refractivity contribution in [1.29, 1.82) is 0 Å². The quantitative estimate of drug-likeness (QED) is 0.766. The molecule has 0 saturated heterocycles. The predicted molar refractivity (Wildman–Crippen MR) is 54.8 cm³/mol. The second-order valence-electron chi connectivity index (χ2n) is 3.24. The molecule has 2 atom stereocenters. The van der Waals surface area contributed by atoms with E-state index in [-0.39, 0.29) is 0 Å². The molecular formula is C10H14ClNO. The van der Waals surface area contributed by atoms with Crippen LogP contribution in [0, 0.1) is 6.92 Å². The SMILES string of the molecule is Cc1cccc(Cl)c1[C@H](N)C(C)O. The van der Waals surface area contributed by atoms with Crippen LogP contribution >= 0.6 is 11.6 Å². The minimum atomic E-state index is -0.585. The molecule has 1 unspecified atom stereocenters. The molecule has 1 aromatic carbocycles. The predicted octanol–water partition coefficient (Wildman–Crippen LogP) is 2.03. The van der Waals surface area contributed by atoms with E-state index in [1.807, 2.05) is 19.1 Å². The molecule has 2 nitrogen and oxygen atoms in total. The molecule has 72 valence electrons. The van der Waals surface area contributed by atoms with E-state index in [1.54, 1.807) is 13.0 Å². The third kappa shape index (κ3) is 2.21. The Balaban J connectivity index is 3.12. The summed E-state index contributed by atoms with van der Waals surface area (Å²) >= 11 is 5.98. The van der Waals surface area contributed by atoms with Gasteiger partial charge in [-0.3, -0.25) is 0 Å². The van der Waals surface area contributed by atoms with Crippen molar-refractivity contribution in [3.05, 3.63) is 34.3 Å². The van der Waals surface area contributed by atoms with Gasteiger partial charge in [-0.1, -0.05) is 23.7 Å². The molecule has 0 spiro atoms. The van der Waals surface area contributed by atoms with Gasteiger partial charge >= 0.3 is 0 Å². The number of rotatable bonds is 2. The van der Waals surface area contributed by atoms with Crippen molar-refractivity contribution in [1.82, 2.24) is 0 Å². The van der Waals surface area contributed by atoms with Crippen LogP contribution in [0.5, 0.6) is 0 Å². The third-order valence-corrected chi connectivity index (χ3v) is 2.45. The Morgan fingerprint density at radius 3 is 2.54 bits per heavy atom. The van der Waals surface area contributed by atoms with Crippen molar-refractivity contribution < 1.29 is 5.11 Å². The van der Waals surface area contributed by atoms with Crippen LogP contribution in [0.4, 0.5) is 0 Å². The molecule has 3 heteroatoms. The summed E-state index contributed by atoms with van der Waals surface area (Å²) in [5.74, 6) is 0. The topological polar surface area (TPSA) is 46.2 Å². The van der Waals surface area contributed by atoms with Crippen LogP contribution in [0.2, 0.25) is 5.02 Å². The highest BCUT2D eigenvalue weighted by atomic mass is 35.5. The molecular weight excluding hydrogens is 186 g/mol. The van der Waals surface area contributed by atoms with E-state index in [0.717, 1.165) is 11.1 Å². The molecule has 0 amide bonds. The minimum absolute atomic E-state index is 0.409. The lowest BCUT2D eigenvalue weighted by atomic mass is 9.98. The first kappa shape index (κ1) is 10.5. The van der Waals surface area contributed by atoms with E-state index < -0.39 is 12.1 Å². The van der Waals surface area contributed by atoms with Crippen LogP contribution in [0.1, 0.15) is 24.1 Å². The molecule has 0 fully saturated rings. The monoisotopic (exact) mass is 199 g/mol. The van der Waals surface area contributed by atoms with Crippen molar-refractivity contribution in [3.63, 3.8) is 0 Å². The van der Waals surface area contributed by atoms with Gasteiger partial charge in [0.25, 0.3) is 0 Å². The summed E-state index contributed by atoms with van der Waals surface area (Å²) in [5.41, 5.74) is 7.65.